The molecule has 1 fully saturated rings. The Balaban J connectivity index is 1.41. The topological polar surface area (TPSA) is 59.4 Å². The van der Waals surface area contributed by atoms with E-state index in [1.165, 1.54) is 24.1 Å². The average molecular weight is 451 g/mol. The number of nitrogens with one attached hydrogen (secondary N) is 1. The summed E-state index contributed by atoms with van der Waals surface area (Å²) in [7, 11) is 1.68. The molecule has 3 heterocycles. The molecular formula is C25H30N4O2S. The molecule has 0 atom stereocenters. The van der Waals surface area contributed by atoms with Crippen LogP contribution in [0.5, 0.6) is 5.75 Å². The van der Waals surface area contributed by atoms with Crippen LogP contribution in [-0.4, -0.2) is 40.3 Å². The summed E-state index contributed by atoms with van der Waals surface area (Å²) in [5.41, 5.74) is 5.38. The van der Waals surface area contributed by atoms with Gasteiger partial charge in [-0.25, -0.2) is 0 Å². The summed E-state index contributed by atoms with van der Waals surface area (Å²) in [4.78, 5) is 15.7. The molecule has 6 nitrogen and oxygen atoms in total. The number of aromatic nitrogens is 2. The number of carbonyl (C=O) groups excluding carboxylic acids is 1. The molecule has 1 saturated carbocycles. The van der Waals surface area contributed by atoms with Crippen LogP contribution in [0.1, 0.15) is 58.6 Å². The van der Waals surface area contributed by atoms with Gasteiger partial charge in [-0.3, -0.25) is 14.4 Å². The molecule has 0 spiro atoms. The lowest BCUT2D eigenvalue weighted by Gasteiger charge is -2.27. The van der Waals surface area contributed by atoms with Gasteiger partial charge in [0.2, 0.25) is 0 Å². The molecule has 0 radical (unpaired) electrons. The van der Waals surface area contributed by atoms with Gasteiger partial charge in [0.25, 0.3) is 5.91 Å². The Bertz CT molecular complexity index is 1050. The summed E-state index contributed by atoms with van der Waals surface area (Å²) in [6.07, 6.45) is 5.45. The zero-order valence-electron chi connectivity index (χ0n) is 18.5. The van der Waals surface area contributed by atoms with Crippen molar-refractivity contribution in [1.29, 1.82) is 0 Å². The minimum atomic E-state index is -0.0148. The summed E-state index contributed by atoms with van der Waals surface area (Å²) < 4.78 is 7.33. The Labute approximate surface area is 193 Å². The standard InChI is InChI=1S/C25H30N4O2S/c1-31-21-8-6-18(7-9-21)15-29-23-10-12-28(14-19-11-13-32-17-19)16-22(23)24(27-29)25(30)26-20-4-2-3-5-20/h6-9,11,13,17,20H,2-5,10,12,14-16H2,1H3,(H,26,30). The van der Waals surface area contributed by atoms with Crippen molar-refractivity contribution in [2.75, 3.05) is 13.7 Å². The van der Waals surface area contributed by atoms with Gasteiger partial charge in [-0.15, -0.1) is 0 Å². The Morgan fingerprint density at radius 3 is 2.69 bits per heavy atom. The summed E-state index contributed by atoms with van der Waals surface area (Å²) in [5.74, 6) is 0.830. The SMILES string of the molecule is COc1ccc(Cn2nc(C(=O)NC3CCCC3)c3c2CCN(Cc2ccsc2)C3)cc1. The fraction of sp³-hybridized carbons (Fsp3) is 0.440. The zero-order valence-corrected chi connectivity index (χ0v) is 19.4. The zero-order chi connectivity index (χ0) is 21.9. The third-order valence-corrected chi connectivity index (χ3v) is 7.33. The summed E-state index contributed by atoms with van der Waals surface area (Å²) in [5, 5.41) is 12.4. The molecule has 1 amide bonds. The van der Waals surface area contributed by atoms with Gasteiger partial charge in [0.15, 0.2) is 5.69 Å². The van der Waals surface area contributed by atoms with Gasteiger partial charge < -0.3 is 10.1 Å². The van der Waals surface area contributed by atoms with E-state index in [2.05, 4.69) is 39.2 Å². The van der Waals surface area contributed by atoms with Gasteiger partial charge in [-0.2, -0.15) is 16.4 Å². The number of nitrogens with zero attached hydrogens (tertiary/aromatic N) is 3. The fourth-order valence-electron chi connectivity index (χ4n) is 4.86. The van der Waals surface area contributed by atoms with Crippen LogP contribution in [0.2, 0.25) is 0 Å². The second-order valence-electron chi connectivity index (χ2n) is 8.83. The highest BCUT2D eigenvalue weighted by molar-refractivity contribution is 7.07. The first-order chi connectivity index (χ1) is 15.7. The van der Waals surface area contributed by atoms with Crippen molar-refractivity contribution in [2.45, 2.75) is 57.8 Å². The largest absolute Gasteiger partial charge is 0.497 e. The fourth-order valence-corrected chi connectivity index (χ4v) is 5.52. The Hall–Kier alpha value is -2.64. The highest BCUT2D eigenvalue weighted by atomic mass is 32.1. The molecule has 3 aromatic rings. The van der Waals surface area contributed by atoms with Crippen molar-refractivity contribution in [3.05, 3.63) is 69.2 Å². The predicted molar refractivity (Wildman–Crippen MR) is 126 cm³/mol. The van der Waals surface area contributed by atoms with E-state index in [0.717, 1.165) is 55.8 Å². The number of benzene rings is 1. The summed E-state index contributed by atoms with van der Waals surface area (Å²) in [6.45, 7) is 3.31. The minimum Gasteiger partial charge on any atom is -0.497 e. The summed E-state index contributed by atoms with van der Waals surface area (Å²) >= 11 is 1.73. The van der Waals surface area contributed by atoms with Crippen LogP contribution in [0.25, 0.3) is 0 Å². The van der Waals surface area contributed by atoms with Gasteiger partial charge in [0.05, 0.1) is 13.7 Å². The predicted octanol–water partition coefficient (Wildman–Crippen LogP) is 4.23. The molecule has 2 aromatic heterocycles. The lowest BCUT2D eigenvalue weighted by molar-refractivity contribution is 0.0929. The van der Waals surface area contributed by atoms with E-state index in [-0.39, 0.29) is 11.9 Å². The van der Waals surface area contributed by atoms with E-state index >= 15 is 0 Å². The van der Waals surface area contributed by atoms with Crippen LogP contribution < -0.4 is 10.1 Å². The van der Waals surface area contributed by atoms with Crippen molar-refractivity contribution < 1.29 is 9.53 Å². The number of carbonyl (C=O) groups is 1. The van der Waals surface area contributed by atoms with Crippen LogP contribution in [-0.2, 0) is 26.1 Å². The van der Waals surface area contributed by atoms with E-state index in [1.807, 2.05) is 16.8 Å². The number of amides is 1. The molecule has 0 saturated heterocycles. The van der Waals surface area contributed by atoms with Crippen molar-refractivity contribution in [3.63, 3.8) is 0 Å². The molecule has 5 rings (SSSR count). The van der Waals surface area contributed by atoms with Crippen LogP contribution >= 0.6 is 11.3 Å². The Morgan fingerprint density at radius 2 is 1.97 bits per heavy atom. The van der Waals surface area contributed by atoms with Gasteiger partial charge in [0.1, 0.15) is 5.75 Å². The van der Waals surface area contributed by atoms with Crippen LogP contribution in [0, 0.1) is 0 Å². The van der Waals surface area contributed by atoms with Crippen LogP contribution in [0.3, 0.4) is 0 Å². The van der Waals surface area contributed by atoms with Crippen molar-refractivity contribution in [3.8, 4) is 5.75 Å². The summed E-state index contributed by atoms with van der Waals surface area (Å²) in [6, 6.07) is 10.5. The first-order valence-corrected chi connectivity index (χ1v) is 12.4. The molecule has 1 aromatic carbocycles. The van der Waals surface area contributed by atoms with Crippen LogP contribution in [0.15, 0.2) is 41.1 Å². The van der Waals surface area contributed by atoms with Crippen LogP contribution in [0.4, 0.5) is 0 Å². The highest BCUT2D eigenvalue weighted by Gasteiger charge is 2.29. The third kappa shape index (κ3) is 4.59. The Kier molecular flexibility index (Phi) is 6.28. The normalized spacial score (nSPS) is 16.8. The molecule has 2 aliphatic rings. The number of fused-ring (bicyclic) bond motifs is 1. The molecule has 168 valence electrons. The maximum absolute atomic E-state index is 13.2. The lowest BCUT2D eigenvalue weighted by Crippen LogP contribution is -2.35. The number of thiophene rings is 1. The van der Waals surface area contributed by atoms with E-state index < -0.39 is 0 Å². The Morgan fingerprint density at radius 1 is 1.16 bits per heavy atom. The van der Waals surface area contributed by atoms with E-state index in [9.17, 15) is 4.79 Å². The first kappa shape index (κ1) is 21.2. The van der Waals surface area contributed by atoms with Gasteiger partial charge in [0, 0.05) is 43.4 Å². The first-order valence-electron chi connectivity index (χ1n) is 11.5. The average Bonchev–Trinajstić information content (AvgIpc) is 3.57. The number of hydrogen-bond acceptors (Lipinski definition) is 5. The minimum absolute atomic E-state index is 0.0148. The van der Waals surface area contributed by atoms with E-state index in [4.69, 9.17) is 9.84 Å². The van der Waals surface area contributed by atoms with Crippen molar-refractivity contribution in [1.82, 2.24) is 20.0 Å². The molecule has 32 heavy (non-hydrogen) atoms. The maximum Gasteiger partial charge on any atom is 0.272 e. The second kappa shape index (κ2) is 9.46. The molecule has 1 N–H and O–H groups in total. The highest BCUT2D eigenvalue weighted by Crippen LogP contribution is 2.26. The molecular weight excluding hydrogens is 420 g/mol. The van der Waals surface area contributed by atoms with Crippen molar-refractivity contribution in [2.24, 2.45) is 0 Å². The van der Waals surface area contributed by atoms with E-state index in [1.54, 1.807) is 18.4 Å². The second-order valence-corrected chi connectivity index (χ2v) is 9.61. The monoisotopic (exact) mass is 450 g/mol. The molecule has 1 aliphatic heterocycles. The molecule has 0 bridgehead atoms. The van der Waals surface area contributed by atoms with Gasteiger partial charge in [-0.05, 0) is 52.9 Å². The molecule has 0 unspecified atom stereocenters. The molecule has 7 heteroatoms. The van der Waals surface area contributed by atoms with Gasteiger partial charge in [-0.1, -0.05) is 25.0 Å². The molecule has 1 aliphatic carbocycles. The number of hydrogen-bond donors (Lipinski definition) is 1. The smallest absolute Gasteiger partial charge is 0.272 e. The quantitative estimate of drug-likeness (QED) is 0.585. The van der Waals surface area contributed by atoms with E-state index in [0.29, 0.717) is 12.2 Å². The number of ether oxygens (including phenoxy) is 1. The lowest BCUT2D eigenvalue weighted by atomic mass is 10.0. The number of methoxy groups -OCH3 is 1. The van der Waals surface area contributed by atoms with Gasteiger partial charge >= 0.3 is 0 Å². The maximum atomic E-state index is 13.2. The third-order valence-electron chi connectivity index (χ3n) is 6.60. The number of rotatable bonds is 7. The van der Waals surface area contributed by atoms with Crippen molar-refractivity contribution >= 4 is 17.2 Å².